The number of methoxy groups -OCH3 is 1. The molecule has 0 atom stereocenters. The van der Waals surface area contributed by atoms with E-state index >= 15 is 0 Å². The van der Waals surface area contributed by atoms with E-state index in [0.29, 0.717) is 12.4 Å². The van der Waals surface area contributed by atoms with E-state index in [1.54, 1.807) is 36.6 Å². The number of thiazole rings is 1. The Labute approximate surface area is 114 Å². The fourth-order valence-corrected chi connectivity index (χ4v) is 2.66. The van der Waals surface area contributed by atoms with Crippen molar-refractivity contribution in [1.29, 1.82) is 0 Å². The van der Waals surface area contributed by atoms with Crippen molar-refractivity contribution >= 4 is 22.0 Å². The number of benzene rings is 1. The molecule has 6 heteroatoms. The highest BCUT2D eigenvalue weighted by Crippen LogP contribution is 2.24. The molecule has 5 nitrogen and oxygen atoms in total. The van der Waals surface area contributed by atoms with Crippen LogP contribution in [-0.2, 0) is 6.54 Å². The minimum Gasteiger partial charge on any atom is -0.508 e. The van der Waals surface area contributed by atoms with E-state index in [2.05, 4.69) is 10.3 Å². The van der Waals surface area contributed by atoms with Crippen LogP contribution < -0.4 is 10.1 Å². The number of nitrogens with zero attached hydrogens (tertiary/aromatic N) is 2. The van der Waals surface area contributed by atoms with Crippen LogP contribution in [0.5, 0.6) is 11.6 Å². The maximum atomic E-state index is 9.43. The third kappa shape index (κ3) is 2.22. The Balaban J connectivity index is 1.86. The number of aromatic nitrogens is 2. The first-order valence-corrected chi connectivity index (χ1v) is 6.67. The van der Waals surface area contributed by atoms with Gasteiger partial charge in [-0.1, -0.05) is 6.07 Å². The molecular weight excluding hydrogens is 262 g/mol. The van der Waals surface area contributed by atoms with E-state index in [9.17, 15) is 5.11 Å². The molecule has 0 spiro atoms. The molecule has 0 bridgehead atoms. The van der Waals surface area contributed by atoms with Crippen molar-refractivity contribution in [2.45, 2.75) is 6.54 Å². The maximum Gasteiger partial charge on any atom is 0.238 e. The second-order valence-corrected chi connectivity index (χ2v) is 4.90. The average molecular weight is 275 g/mol. The molecular formula is C13H13N3O2S. The number of rotatable bonds is 4. The summed E-state index contributed by atoms with van der Waals surface area (Å²) in [6.07, 6.45) is 1.97. The summed E-state index contributed by atoms with van der Waals surface area (Å²) in [6.45, 7) is 0.574. The van der Waals surface area contributed by atoms with Crippen LogP contribution in [0.2, 0.25) is 0 Å². The van der Waals surface area contributed by atoms with Crippen molar-refractivity contribution in [2.75, 3.05) is 12.4 Å². The molecule has 0 amide bonds. The highest BCUT2D eigenvalue weighted by atomic mass is 32.1. The first kappa shape index (κ1) is 11.9. The van der Waals surface area contributed by atoms with Crippen molar-refractivity contribution in [1.82, 2.24) is 9.38 Å². The molecule has 0 aliphatic heterocycles. The molecule has 0 fully saturated rings. The average Bonchev–Trinajstić information content (AvgIpc) is 2.96. The Kier molecular flexibility index (Phi) is 3.00. The van der Waals surface area contributed by atoms with Gasteiger partial charge in [0, 0.05) is 23.3 Å². The van der Waals surface area contributed by atoms with Crippen LogP contribution in [0, 0.1) is 0 Å². The Morgan fingerprint density at radius 2 is 2.37 bits per heavy atom. The number of imidazole rings is 1. The van der Waals surface area contributed by atoms with E-state index in [4.69, 9.17) is 4.74 Å². The van der Waals surface area contributed by atoms with E-state index < -0.39 is 0 Å². The summed E-state index contributed by atoms with van der Waals surface area (Å²) in [4.78, 5) is 5.30. The van der Waals surface area contributed by atoms with Gasteiger partial charge >= 0.3 is 0 Å². The van der Waals surface area contributed by atoms with Crippen molar-refractivity contribution in [2.24, 2.45) is 0 Å². The number of hydrogen-bond donors (Lipinski definition) is 2. The summed E-state index contributed by atoms with van der Waals surface area (Å²) in [5, 5.41) is 14.7. The first-order valence-electron chi connectivity index (χ1n) is 5.79. The number of hydrogen-bond acceptors (Lipinski definition) is 5. The Hall–Kier alpha value is -2.21. The normalized spacial score (nSPS) is 10.8. The Morgan fingerprint density at radius 3 is 3.16 bits per heavy atom. The van der Waals surface area contributed by atoms with Crippen LogP contribution in [0.1, 0.15) is 5.69 Å². The van der Waals surface area contributed by atoms with Gasteiger partial charge in [-0.3, -0.25) is 4.40 Å². The smallest absolute Gasteiger partial charge is 0.238 e. The van der Waals surface area contributed by atoms with Gasteiger partial charge in [0.2, 0.25) is 5.88 Å². The third-order valence-electron chi connectivity index (χ3n) is 2.82. The van der Waals surface area contributed by atoms with Gasteiger partial charge < -0.3 is 15.2 Å². The zero-order valence-electron chi connectivity index (χ0n) is 10.3. The van der Waals surface area contributed by atoms with Gasteiger partial charge in [0.15, 0.2) is 4.96 Å². The van der Waals surface area contributed by atoms with E-state index in [1.165, 1.54) is 0 Å². The highest BCUT2D eigenvalue weighted by molar-refractivity contribution is 7.15. The molecule has 19 heavy (non-hydrogen) atoms. The predicted molar refractivity (Wildman–Crippen MR) is 75.1 cm³/mol. The molecule has 0 saturated carbocycles. The van der Waals surface area contributed by atoms with Gasteiger partial charge in [0.05, 0.1) is 13.7 Å². The molecule has 2 N–H and O–H groups in total. The lowest BCUT2D eigenvalue weighted by Gasteiger charge is -2.07. The molecule has 0 aliphatic carbocycles. The van der Waals surface area contributed by atoms with Gasteiger partial charge in [0.1, 0.15) is 11.4 Å². The van der Waals surface area contributed by atoms with Gasteiger partial charge in [-0.2, -0.15) is 4.98 Å². The van der Waals surface area contributed by atoms with Crippen LogP contribution in [-0.4, -0.2) is 21.6 Å². The lowest BCUT2D eigenvalue weighted by molar-refractivity contribution is 0.395. The summed E-state index contributed by atoms with van der Waals surface area (Å²) >= 11 is 1.57. The number of phenols is 1. The lowest BCUT2D eigenvalue weighted by Crippen LogP contribution is -2.03. The van der Waals surface area contributed by atoms with Crippen LogP contribution >= 0.6 is 11.3 Å². The monoisotopic (exact) mass is 275 g/mol. The lowest BCUT2D eigenvalue weighted by atomic mass is 10.3. The Morgan fingerprint density at radius 1 is 1.47 bits per heavy atom. The molecule has 3 aromatic rings. The summed E-state index contributed by atoms with van der Waals surface area (Å²) < 4.78 is 7.29. The summed E-state index contributed by atoms with van der Waals surface area (Å²) in [7, 11) is 1.62. The Bertz CT molecular complexity index is 705. The van der Waals surface area contributed by atoms with Gasteiger partial charge in [-0.25, -0.2) is 0 Å². The van der Waals surface area contributed by atoms with E-state index in [-0.39, 0.29) is 5.75 Å². The minimum atomic E-state index is 0.242. The number of nitrogens with one attached hydrogen (secondary N) is 1. The largest absolute Gasteiger partial charge is 0.508 e. The predicted octanol–water partition coefficient (Wildman–Crippen LogP) is 2.72. The number of phenolic OH excluding ortho intramolecular Hbond substituents is 1. The zero-order chi connectivity index (χ0) is 13.2. The molecule has 98 valence electrons. The zero-order valence-corrected chi connectivity index (χ0v) is 11.1. The topological polar surface area (TPSA) is 58.8 Å². The molecule has 1 aromatic carbocycles. The van der Waals surface area contributed by atoms with Gasteiger partial charge in [-0.15, -0.1) is 11.3 Å². The second-order valence-electron chi connectivity index (χ2n) is 4.03. The number of aromatic hydroxyl groups is 1. The van der Waals surface area contributed by atoms with Crippen molar-refractivity contribution in [3.63, 3.8) is 0 Å². The van der Waals surface area contributed by atoms with Crippen LogP contribution in [0.25, 0.3) is 4.96 Å². The van der Waals surface area contributed by atoms with Crippen molar-refractivity contribution in [3.05, 3.63) is 41.5 Å². The fourth-order valence-electron chi connectivity index (χ4n) is 1.94. The molecule has 0 saturated heterocycles. The standard InChI is InChI=1S/C13H13N3O2S/c1-18-12-11(16-5-6-19-13(16)15-12)8-14-9-3-2-4-10(17)7-9/h2-7,14,17H,8H2,1H3. The van der Waals surface area contributed by atoms with Crippen molar-refractivity contribution < 1.29 is 9.84 Å². The fraction of sp³-hybridized carbons (Fsp3) is 0.154. The highest BCUT2D eigenvalue weighted by Gasteiger charge is 2.13. The SMILES string of the molecule is COc1nc2sccn2c1CNc1cccc(O)c1. The quantitative estimate of drug-likeness (QED) is 0.768. The minimum absolute atomic E-state index is 0.242. The number of anilines is 1. The maximum absolute atomic E-state index is 9.43. The molecule has 0 unspecified atom stereocenters. The van der Waals surface area contributed by atoms with Crippen LogP contribution in [0.4, 0.5) is 5.69 Å². The second kappa shape index (κ2) is 4.81. The van der Waals surface area contributed by atoms with Gasteiger partial charge in [-0.05, 0) is 12.1 Å². The molecule has 2 heterocycles. The summed E-state index contributed by atoms with van der Waals surface area (Å²) in [6, 6.07) is 7.02. The van der Waals surface area contributed by atoms with Crippen LogP contribution in [0.15, 0.2) is 35.8 Å². The molecule has 0 radical (unpaired) electrons. The van der Waals surface area contributed by atoms with Crippen LogP contribution in [0.3, 0.4) is 0 Å². The number of ether oxygens (including phenoxy) is 1. The van der Waals surface area contributed by atoms with Gasteiger partial charge in [0.25, 0.3) is 0 Å². The molecule has 0 aliphatic rings. The number of fused-ring (bicyclic) bond motifs is 1. The first-order chi connectivity index (χ1) is 9.28. The molecule has 2 aromatic heterocycles. The molecule has 3 rings (SSSR count). The van der Waals surface area contributed by atoms with E-state index in [0.717, 1.165) is 16.3 Å². The summed E-state index contributed by atoms with van der Waals surface area (Å²) in [5.74, 6) is 0.866. The summed E-state index contributed by atoms with van der Waals surface area (Å²) in [5.41, 5.74) is 1.81. The third-order valence-corrected chi connectivity index (χ3v) is 3.58. The van der Waals surface area contributed by atoms with E-state index in [1.807, 2.05) is 22.0 Å². The van der Waals surface area contributed by atoms with Crippen molar-refractivity contribution in [3.8, 4) is 11.6 Å².